The monoisotopic (exact) mass is 460 g/mol. The number of nitrogens with one attached hydrogen (secondary N) is 1. The summed E-state index contributed by atoms with van der Waals surface area (Å²) in [5.41, 5.74) is 4.06. The quantitative estimate of drug-likeness (QED) is 0.479. The summed E-state index contributed by atoms with van der Waals surface area (Å²) in [4.78, 5) is 32.4. The summed E-state index contributed by atoms with van der Waals surface area (Å²) in [5.74, 6) is 1.12. The Bertz CT molecular complexity index is 1410. The summed E-state index contributed by atoms with van der Waals surface area (Å²) < 4.78 is 11.1. The average molecular weight is 461 g/mol. The van der Waals surface area contributed by atoms with Crippen molar-refractivity contribution in [2.24, 2.45) is 0 Å². The van der Waals surface area contributed by atoms with Gasteiger partial charge in [-0.15, -0.1) is 11.3 Å². The number of aromatic amines is 1. The molecule has 5 rings (SSSR count). The minimum Gasteiger partial charge on any atom is -0.493 e. The number of para-hydroxylation sites is 1. The molecule has 7 heteroatoms. The fourth-order valence-electron chi connectivity index (χ4n) is 4.65. The van der Waals surface area contributed by atoms with Crippen molar-refractivity contribution in [1.29, 1.82) is 0 Å². The Morgan fingerprint density at radius 2 is 1.85 bits per heavy atom. The first-order valence-electron chi connectivity index (χ1n) is 10.7. The SMILES string of the molecule is COc1cc2c(cc1OC)[C@H](c1cc3cccc(C)c3[nH]c1=O)N(C(=O)c1cccs1)CC2. The molecule has 0 fully saturated rings. The minimum atomic E-state index is -0.545. The molecule has 1 N–H and O–H groups in total. The summed E-state index contributed by atoms with van der Waals surface area (Å²) in [7, 11) is 3.19. The van der Waals surface area contributed by atoms with Crippen molar-refractivity contribution in [3.8, 4) is 11.5 Å². The van der Waals surface area contributed by atoms with Crippen LogP contribution in [0.25, 0.3) is 10.9 Å². The maximum absolute atomic E-state index is 13.5. The normalized spacial score (nSPS) is 15.4. The number of benzene rings is 2. The molecule has 168 valence electrons. The highest BCUT2D eigenvalue weighted by Crippen LogP contribution is 2.41. The number of hydrogen-bond acceptors (Lipinski definition) is 5. The second kappa shape index (κ2) is 8.41. The van der Waals surface area contributed by atoms with Crippen LogP contribution in [0, 0.1) is 6.92 Å². The first kappa shape index (κ1) is 21.3. The molecule has 0 aliphatic carbocycles. The van der Waals surface area contributed by atoms with Gasteiger partial charge in [-0.3, -0.25) is 9.59 Å². The van der Waals surface area contributed by atoms with Crippen LogP contribution in [0.1, 0.15) is 38.0 Å². The van der Waals surface area contributed by atoms with Gasteiger partial charge < -0.3 is 19.4 Å². The second-order valence-corrected chi connectivity index (χ2v) is 9.08. The summed E-state index contributed by atoms with van der Waals surface area (Å²) in [6, 6.07) is 14.8. The number of rotatable bonds is 4. The Morgan fingerprint density at radius 3 is 2.58 bits per heavy atom. The van der Waals surface area contributed by atoms with Gasteiger partial charge in [0, 0.05) is 12.1 Å². The number of nitrogens with zero attached hydrogens (tertiary/aromatic N) is 1. The number of methoxy groups -OCH3 is 2. The minimum absolute atomic E-state index is 0.0841. The van der Waals surface area contributed by atoms with Crippen LogP contribution in [0.5, 0.6) is 11.5 Å². The van der Waals surface area contributed by atoms with Crippen molar-refractivity contribution in [3.05, 3.63) is 91.4 Å². The van der Waals surface area contributed by atoms with Crippen molar-refractivity contribution >= 4 is 28.1 Å². The molecular formula is C26H24N2O4S. The van der Waals surface area contributed by atoms with E-state index in [9.17, 15) is 9.59 Å². The van der Waals surface area contributed by atoms with Crippen molar-refractivity contribution in [1.82, 2.24) is 9.88 Å². The first-order valence-corrected chi connectivity index (χ1v) is 11.6. The van der Waals surface area contributed by atoms with E-state index in [0.717, 1.165) is 27.6 Å². The number of amides is 1. The summed E-state index contributed by atoms with van der Waals surface area (Å²) in [6.45, 7) is 2.47. The van der Waals surface area contributed by atoms with Gasteiger partial charge in [-0.1, -0.05) is 24.3 Å². The Kier molecular flexibility index (Phi) is 5.42. The lowest BCUT2D eigenvalue weighted by Crippen LogP contribution is -2.42. The van der Waals surface area contributed by atoms with E-state index in [1.54, 1.807) is 19.1 Å². The highest BCUT2D eigenvalue weighted by atomic mass is 32.1. The van der Waals surface area contributed by atoms with Crippen LogP contribution in [-0.4, -0.2) is 36.6 Å². The van der Waals surface area contributed by atoms with Crippen LogP contribution >= 0.6 is 11.3 Å². The van der Waals surface area contributed by atoms with Gasteiger partial charge >= 0.3 is 0 Å². The summed E-state index contributed by atoms with van der Waals surface area (Å²) in [6.07, 6.45) is 0.661. The fourth-order valence-corrected chi connectivity index (χ4v) is 5.32. The number of aromatic nitrogens is 1. The molecule has 33 heavy (non-hydrogen) atoms. The third-order valence-corrected chi connectivity index (χ3v) is 7.14. The standard InChI is InChI=1S/C26H24N2O4S/c1-15-6-4-7-17-12-19(25(29)27-23(15)17)24-18-14-21(32-3)20(31-2)13-16(18)9-10-28(24)26(30)22-8-5-11-33-22/h4-8,11-14,24H,9-10H2,1-3H3,(H,27,29)/t24-/m1/s1. The largest absolute Gasteiger partial charge is 0.493 e. The van der Waals surface area contributed by atoms with Gasteiger partial charge in [0.15, 0.2) is 11.5 Å². The maximum Gasteiger partial charge on any atom is 0.264 e. The number of aryl methyl sites for hydroxylation is 1. The highest BCUT2D eigenvalue weighted by molar-refractivity contribution is 7.12. The van der Waals surface area contributed by atoms with Gasteiger partial charge in [-0.05, 0) is 65.1 Å². The van der Waals surface area contributed by atoms with Crippen LogP contribution < -0.4 is 15.0 Å². The molecule has 1 amide bonds. The molecule has 6 nitrogen and oxygen atoms in total. The number of carbonyl (C=O) groups excluding carboxylic acids is 1. The van der Waals surface area contributed by atoms with Gasteiger partial charge in [-0.2, -0.15) is 0 Å². The van der Waals surface area contributed by atoms with Crippen molar-refractivity contribution in [2.45, 2.75) is 19.4 Å². The Hall–Kier alpha value is -3.58. The molecule has 1 aliphatic heterocycles. The average Bonchev–Trinajstić information content (AvgIpc) is 3.37. The van der Waals surface area contributed by atoms with Crippen LogP contribution in [0.2, 0.25) is 0 Å². The fraction of sp³-hybridized carbons (Fsp3) is 0.231. The molecule has 2 aromatic heterocycles. The number of thiophene rings is 1. The zero-order valence-corrected chi connectivity index (χ0v) is 19.5. The summed E-state index contributed by atoms with van der Waals surface area (Å²) >= 11 is 1.40. The third-order valence-electron chi connectivity index (χ3n) is 6.28. The lowest BCUT2D eigenvalue weighted by Gasteiger charge is -2.37. The van der Waals surface area contributed by atoms with E-state index in [-0.39, 0.29) is 11.5 Å². The Morgan fingerprint density at radius 1 is 1.06 bits per heavy atom. The number of fused-ring (bicyclic) bond motifs is 2. The first-order chi connectivity index (χ1) is 16.0. The van der Waals surface area contributed by atoms with Gasteiger partial charge in [-0.25, -0.2) is 0 Å². The molecular weight excluding hydrogens is 436 g/mol. The van der Waals surface area contributed by atoms with Crippen LogP contribution in [-0.2, 0) is 6.42 Å². The zero-order chi connectivity index (χ0) is 23.1. The number of H-pyrrole nitrogens is 1. The van der Waals surface area contributed by atoms with E-state index in [2.05, 4.69) is 4.98 Å². The van der Waals surface area contributed by atoms with E-state index < -0.39 is 6.04 Å². The van der Waals surface area contributed by atoms with E-state index in [0.29, 0.717) is 34.9 Å². The summed E-state index contributed by atoms with van der Waals surface area (Å²) in [5, 5.41) is 2.82. The van der Waals surface area contributed by atoms with Gasteiger partial charge in [0.05, 0.1) is 30.7 Å². The van der Waals surface area contributed by atoms with Gasteiger partial charge in [0.1, 0.15) is 0 Å². The smallest absolute Gasteiger partial charge is 0.264 e. The van der Waals surface area contributed by atoms with Crippen LogP contribution in [0.3, 0.4) is 0 Å². The predicted octanol–water partition coefficient (Wildman–Crippen LogP) is 4.70. The Labute approximate surface area is 195 Å². The molecule has 1 aliphatic rings. The number of ether oxygens (including phenoxy) is 2. The molecule has 0 saturated heterocycles. The molecule has 1 atom stereocenters. The molecule has 0 saturated carbocycles. The van der Waals surface area contributed by atoms with E-state index >= 15 is 0 Å². The van der Waals surface area contributed by atoms with Crippen molar-refractivity contribution in [3.63, 3.8) is 0 Å². The maximum atomic E-state index is 13.5. The van der Waals surface area contributed by atoms with E-state index in [1.807, 2.05) is 60.8 Å². The Balaban J connectivity index is 1.75. The lowest BCUT2D eigenvalue weighted by atomic mass is 9.87. The topological polar surface area (TPSA) is 71.6 Å². The van der Waals surface area contributed by atoms with Gasteiger partial charge in [0.25, 0.3) is 11.5 Å². The third kappa shape index (κ3) is 3.58. The lowest BCUT2D eigenvalue weighted by molar-refractivity contribution is 0.0698. The molecule has 0 spiro atoms. The molecule has 3 heterocycles. The van der Waals surface area contributed by atoms with Crippen LogP contribution in [0.15, 0.2) is 58.7 Å². The molecule has 0 radical (unpaired) electrons. The molecule has 0 bridgehead atoms. The molecule has 4 aromatic rings. The highest BCUT2D eigenvalue weighted by Gasteiger charge is 2.35. The number of carbonyl (C=O) groups is 1. The van der Waals surface area contributed by atoms with E-state index in [4.69, 9.17) is 9.47 Å². The predicted molar refractivity (Wildman–Crippen MR) is 130 cm³/mol. The number of pyridine rings is 1. The van der Waals surface area contributed by atoms with Gasteiger partial charge in [0.2, 0.25) is 0 Å². The number of hydrogen-bond donors (Lipinski definition) is 1. The van der Waals surface area contributed by atoms with Crippen molar-refractivity contribution in [2.75, 3.05) is 20.8 Å². The molecule has 0 unspecified atom stereocenters. The zero-order valence-electron chi connectivity index (χ0n) is 18.7. The second-order valence-electron chi connectivity index (χ2n) is 8.13. The van der Waals surface area contributed by atoms with Crippen LogP contribution in [0.4, 0.5) is 0 Å². The molecule has 2 aromatic carbocycles. The van der Waals surface area contributed by atoms with Crippen molar-refractivity contribution < 1.29 is 14.3 Å². The van der Waals surface area contributed by atoms with E-state index in [1.165, 1.54) is 11.3 Å².